The molecule has 28 heavy (non-hydrogen) atoms. The van der Waals surface area contributed by atoms with Gasteiger partial charge >= 0.3 is 6.09 Å². The first kappa shape index (κ1) is 20.1. The molecule has 1 aliphatic rings. The fourth-order valence-electron chi connectivity index (χ4n) is 3.64. The van der Waals surface area contributed by atoms with Gasteiger partial charge in [-0.05, 0) is 16.5 Å². The van der Waals surface area contributed by atoms with Gasteiger partial charge in [-0.2, -0.15) is 5.10 Å². The zero-order valence-electron chi connectivity index (χ0n) is 16.7. The first-order valence-corrected chi connectivity index (χ1v) is 9.56. The summed E-state index contributed by atoms with van der Waals surface area (Å²) in [6.07, 6.45) is 0.866. The van der Waals surface area contributed by atoms with Crippen molar-refractivity contribution in [2.45, 2.75) is 39.9 Å². The predicted molar refractivity (Wildman–Crippen MR) is 107 cm³/mol. The van der Waals surface area contributed by atoms with E-state index < -0.39 is 6.09 Å². The van der Waals surface area contributed by atoms with Crippen molar-refractivity contribution in [3.8, 4) is 0 Å². The van der Waals surface area contributed by atoms with Crippen LogP contribution < -0.4 is 5.56 Å². The van der Waals surface area contributed by atoms with Gasteiger partial charge in [0.1, 0.15) is 0 Å². The third-order valence-corrected chi connectivity index (χ3v) is 5.22. The first-order chi connectivity index (χ1) is 13.2. The van der Waals surface area contributed by atoms with E-state index in [4.69, 9.17) is 0 Å². The minimum atomic E-state index is -0.871. The minimum Gasteiger partial charge on any atom is -0.465 e. The van der Waals surface area contributed by atoms with E-state index in [0.717, 1.165) is 11.1 Å². The maximum Gasteiger partial charge on any atom is 0.407 e. The van der Waals surface area contributed by atoms with Crippen molar-refractivity contribution in [2.75, 3.05) is 19.6 Å². The molecule has 2 aromatic rings. The topological polar surface area (TPSA) is 78.7 Å². The Labute approximate surface area is 165 Å². The summed E-state index contributed by atoms with van der Waals surface area (Å²) >= 11 is 0. The van der Waals surface area contributed by atoms with E-state index in [-0.39, 0.29) is 17.0 Å². The number of aromatic nitrogens is 2. The molecular formula is C21H28N4O3. The predicted octanol–water partition coefficient (Wildman–Crippen LogP) is 2.50. The summed E-state index contributed by atoms with van der Waals surface area (Å²) in [5.74, 6) is 0. The van der Waals surface area contributed by atoms with Gasteiger partial charge in [0.05, 0.1) is 18.8 Å². The van der Waals surface area contributed by atoms with Gasteiger partial charge in [-0.1, -0.05) is 51.1 Å². The second-order valence-corrected chi connectivity index (χ2v) is 8.44. The molecule has 1 aromatic heterocycles. The molecule has 0 aliphatic carbocycles. The third-order valence-electron chi connectivity index (χ3n) is 5.22. The van der Waals surface area contributed by atoms with Crippen LogP contribution in [0.15, 0.2) is 47.4 Å². The molecule has 150 valence electrons. The normalized spacial score (nSPS) is 18.2. The number of piperazine rings is 1. The number of hydrogen-bond donors (Lipinski definition) is 1. The lowest BCUT2D eigenvalue weighted by Gasteiger charge is -2.46. The molecule has 1 saturated heterocycles. The number of carbonyl (C=O) groups is 1. The molecule has 2 heterocycles. The lowest BCUT2D eigenvalue weighted by Crippen LogP contribution is -2.59. The van der Waals surface area contributed by atoms with E-state index >= 15 is 0 Å². The van der Waals surface area contributed by atoms with Crippen molar-refractivity contribution in [1.29, 1.82) is 0 Å². The second kappa shape index (κ2) is 8.14. The van der Waals surface area contributed by atoms with Crippen molar-refractivity contribution in [2.24, 2.45) is 5.41 Å². The van der Waals surface area contributed by atoms with Crippen LogP contribution in [0.5, 0.6) is 0 Å². The number of carboxylic acid groups (broad SMARTS) is 1. The highest BCUT2D eigenvalue weighted by Crippen LogP contribution is 2.28. The molecule has 1 amide bonds. The van der Waals surface area contributed by atoms with Crippen molar-refractivity contribution in [3.63, 3.8) is 0 Å². The van der Waals surface area contributed by atoms with Crippen molar-refractivity contribution in [1.82, 2.24) is 19.6 Å². The summed E-state index contributed by atoms with van der Waals surface area (Å²) in [5.41, 5.74) is 1.60. The van der Waals surface area contributed by atoms with Crippen LogP contribution in [0.25, 0.3) is 0 Å². The molecule has 1 unspecified atom stereocenters. The van der Waals surface area contributed by atoms with Crippen molar-refractivity contribution >= 4 is 6.09 Å². The number of rotatable bonds is 4. The lowest BCUT2D eigenvalue weighted by molar-refractivity contribution is 0.0189. The lowest BCUT2D eigenvalue weighted by atomic mass is 9.84. The molecule has 0 bridgehead atoms. The van der Waals surface area contributed by atoms with Gasteiger partial charge in [-0.3, -0.25) is 9.69 Å². The standard InChI is InChI=1S/C21H28N4O3/c1-21(2,3)18-15-23(9-10-24(18)20(27)28)13-17-11-19(26)25(22-12-17)14-16-7-5-4-6-8-16/h4-8,11-12,18H,9-10,13-15H2,1-3H3,(H,27,28). The summed E-state index contributed by atoms with van der Waals surface area (Å²) < 4.78 is 1.46. The molecule has 7 nitrogen and oxygen atoms in total. The Kier molecular flexibility index (Phi) is 5.84. The van der Waals surface area contributed by atoms with Crippen LogP contribution in [0.2, 0.25) is 0 Å². The molecule has 1 atom stereocenters. The summed E-state index contributed by atoms with van der Waals surface area (Å²) in [5, 5.41) is 13.8. The molecule has 0 radical (unpaired) electrons. The maximum absolute atomic E-state index is 12.4. The smallest absolute Gasteiger partial charge is 0.407 e. The molecule has 0 saturated carbocycles. The summed E-state index contributed by atoms with van der Waals surface area (Å²) in [7, 11) is 0. The Balaban J connectivity index is 1.69. The largest absolute Gasteiger partial charge is 0.465 e. The number of hydrogen-bond acceptors (Lipinski definition) is 4. The number of amides is 1. The Morgan fingerprint density at radius 1 is 1.14 bits per heavy atom. The highest BCUT2D eigenvalue weighted by Gasteiger charge is 2.37. The van der Waals surface area contributed by atoms with Gasteiger partial charge < -0.3 is 10.0 Å². The molecule has 1 N–H and O–H groups in total. The van der Waals surface area contributed by atoms with Crippen LogP contribution in [0, 0.1) is 5.41 Å². The highest BCUT2D eigenvalue weighted by molar-refractivity contribution is 5.65. The Morgan fingerprint density at radius 3 is 2.46 bits per heavy atom. The van der Waals surface area contributed by atoms with Gasteiger partial charge in [-0.25, -0.2) is 9.48 Å². The summed E-state index contributed by atoms with van der Waals surface area (Å²) in [4.78, 5) is 27.7. The van der Waals surface area contributed by atoms with Gasteiger partial charge in [0.2, 0.25) is 0 Å². The van der Waals surface area contributed by atoms with Gasteiger partial charge in [0, 0.05) is 32.2 Å². The quantitative estimate of drug-likeness (QED) is 0.876. The zero-order valence-corrected chi connectivity index (χ0v) is 16.7. The zero-order chi connectivity index (χ0) is 20.3. The first-order valence-electron chi connectivity index (χ1n) is 9.56. The molecule has 1 aromatic carbocycles. The van der Waals surface area contributed by atoms with Gasteiger partial charge in [0.15, 0.2) is 0 Å². The van der Waals surface area contributed by atoms with Gasteiger partial charge in [-0.15, -0.1) is 0 Å². The maximum atomic E-state index is 12.4. The molecule has 7 heteroatoms. The van der Waals surface area contributed by atoms with Crippen molar-refractivity contribution in [3.05, 3.63) is 64.1 Å². The van der Waals surface area contributed by atoms with E-state index in [0.29, 0.717) is 32.7 Å². The fourth-order valence-corrected chi connectivity index (χ4v) is 3.64. The average molecular weight is 384 g/mol. The molecule has 0 spiro atoms. The van der Waals surface area contributed by atoms with Gasteiger partial charge in [0.25, 0.3) is 5.56 Å². The average Bonchev–Trinajstić information content (AvgIpc) is 2.64. The molecule has 1 fully saturated rings. The second-order valence-electron chi connectivity index (χ2n) is 8.44. The van der Waals surface area contributed by atoms with Crippen LogP contribution in [-0.2, 0) is 13.1 Å². The number of nitrogens with zero attached hydrogens (tertiary/aromatic N) is 4. The summed E-state index contributed by atoms with van der Waals surface area (Å²) in [6.45, 7) is 8.97. The molecule has 3 rings (SSSR count). The van der Waals surface area contributed by atoms with E-state index in [2.05, 4.69) is 30.8 Å². The van der Waals surface area contributed by atoms with E-state index in [1.165, 1.54) is 9.58 Å². The Morgan fingerprint density at radius 2 is 1.86 bits per heavy atom. The third kappa shape index (κ3) is 4.78. The van der Waals surface area contributed by atoms with Crippen LogP contribution >= 0.6 is 0 Å². The Hall–Kier alpha value is -2.67. The van der Waals surface area contributed by atoms with Crippen molar-refractivity contribution < 1.29 is 9.90 Å². The minimum absolute atomic E-state index is 0.0924. The van der Waals surface area contributed by atoms with E-state index in [1.807, 2.05) is 30.3 Å². The van der Waals surface area contributed by atoms with Crippen LogP contribution in [0.4, 0.5) is 4.79 Å². The van der Waals surface area contributed by atoms with E-state index in [1.54, 1.807) is 12.3 Å². The SMILES string of the molecule is CC(C)(C)C1CN(Cc2cnn(Cc3ccccc3)c(=O)c2)CCN1C(=O)O. The fraction of sp³-hybridized carbons (Fsp3) is 0.476. The van der Waals surface area contributed by atoms with E-state index in [9.17, 15) is 14.7 Å². The van der Waals surface area contributed by atoms with Crippen LogP contribution in [0.3, 0.4) is 0 Å². The van der Waals surface area contributed by atoms with Crippen LogP contribution in [-0.4, -0.2) is 56.5 Å². The molecule has 1 aliphatic heterocycles. The Bertz CT molecular complexity index is 873. The number of benzene rings is 1. The monoisotopic (exact) mass is 384 g/mol. The van der Waals surface area contributed by atoms with Crippen LogP contribution in [0.1, 0.15) is 31.9 Å². The highest BCUT2D eigenvalue weighted by atomic mass is 16.4. The summed E-state index contributed by atoms with van der Waals surface area (Å²) in [6, 6.07) is 11.3. The molecular weight excluding hydrogens is 356 g/mol.